The number of ether oxygens (including phenoxy) is 1. The average molecular weight is 545 g/mol. The zero-order valence-corrected chi connectivity index (χ0v) is 20.8. The van der Waals surface area contributed by atoms with Gasteiger partial charge in [-0.05, 0) is 35.6 Å². The Balaban J connectivity index is 0.00000289. The Morgan fingerprint density at radius 1 is 1.06 bits per heavy atom. The van der Waals surface area contributed by atoms with E-state index in [1.807, 2.05) is 30.2 Å². The molecule has 0 bridgehead atoms. The van der Waals surface area contributed by atoms with E-state index in [2.05, 4.69) is 75.3 Å². The van der Waals surface area contributed by atoms with Crippen LogP contribution in [0, 0.1) is 5.92 Å². The summed E-state index contributed by atoms with van der Waals surface area (Å²) < 4.78 is 8.07. The normalized spacial score (nSPS) is 18.6. The minimum Gasteiger partial charge on any atom is -0.373 e. The zero-order valence-electron chi connectivity index (χ0n) is 18.5. The highest BCUT2D eigenvalue weighted by molar-refractivity contribution is 14.0. The summed E-state index contributed by atoms with van der Waals surface area (Å²) in [5.41, 5.74) is 3.74. The fourth-order valence-electron chi connectivity index (χ4n) is 4.14. The number of aliphatic imine (C=N–C) groups is 1. The Bertz CT molecular complexity index is 961. The smallest absolute Gasteiger partial charge is 0.191 e. The summed E-state index contributed by atoms with van der Waals surface area (Å²) in [4.78, 5) is 4.43. The third-order valence-corrected chi connectivity index (χ3v) is 5.78. The van der Waals surface area contributed by atoms with Crippen molar-refractivity contribution in [3.8, 4) is 0 Å². The van der Waals surface area contributed by atoms with E-state index in [0.717, 1.165) is 38.5 Å². The lowest BCUT2D eigenvalue weighted by Crippen LogP contribution is -2.41. The van der Waals surface area contributed by atoms with Crippen LogP contribution < -0.4 is 10.6 Å². The molecule has 1 aliphatic heterocycles. The van der Waals surface area contributed by atoms with E-state index in [1.54, 1.807) is 0 Å². The van der Waals surface area contributed by atoms with E-state index < -0.39 is 0 Å². The second-order valence-corrected chi connectivity index (χ2v) is 7.88. The first-order valence-electron chi connectivity index (χ1n) is 11.0. The quantitative estimate of drug-likeness (QED) is 0.263. The molecule has 4 rings (SSSR count). The lowest BCUT2D eigenvalue weighted by molar-refractivity contribution is -0.0265. The predicted molar refractivity (Wildman–Crippen MR) is 139 cm³/mol. The van der Waals surface area contributed by atoms with Crippen LogP contribution in [0.5, 0.6) is 0 Å². The molecule has 32 heavy (non-hydrogen) atoms. The monoisotopic (exact) mass is 545 g/mol. The van der Waals surface area contributed by atoms with Crippen LogP contribution >= 0.6 is 24.0 Å². The molecule has 2 unspecified atom stereocenters. The summed E-state index contributed by atoms with van der Waals surface area (Å²) in [7, 11) is 1.82. The van der Waals surface area contributed by atoms with Crippen LogP contribution in [-0.2, 0) is 17.8 Å². The van der Waals surface area contributed by atoms with Crippen molar-refractivity contribution in [1.29, 1.82) is 0 Å². The first kappa shape index (κ1) is 24.3. The van der Waals surface area contributed by atoms with E-state index in [1.165, 1.54) is 16.7 Å². The molecule has 2 aromatic carbocycles. The van der Waals surface area contributed by atoms with Crippen molar-refractivity contribution in [3.63, 3.8) is 0 Å². The first-order valence-corrected chi connectivity index (χ1v) is 11.0. The van der Waals surface area contributed by atoms with Crippen LogP contribution in [0.4, 0.5) is 0 Å². The first-order chi connectivity index (χ1) is 15.3. The SMILES string of the molecule is CN=C(NCc1ccccc1Cn1cccn1)NCC1CCCOC1c1ccccc1.I. The minimum absolute atomic E-state index is 0. The van der Waals surface area contributed by atoms with Crippen molar-refractivity contribution in [1.82, 2.24) is 20.4 Å². The van der Waals surface area contributed by atoms with Gasteiger partial charge < -0.3 is 15.4 Å². The Kier molecular flexibility index (Phi) is 9.55. The maximum Gasteiger partial charge on any atom is 0.191 e. The van der Waals surface area contributed by atoms with Crippen molar-refractivity contribution < 1.29 is 4.74 Å². The van der Waals surface area contributed by atoms with Crippen LogP contribution in [0.25, 0.3) is 0 Å². The van der Waals surface area contributed by atoms with E-state index in [9.17, 15) is 0 Å². The molecule has 0 amide bonds. The van der Waals surface area contributed by atoms with Crippen LogP contribution in [0.2, 0.25) is 0 Å². The highest BCUT2D eigenvalue weighted by Crippen LogP contribution is 2.33. The van der Waals surface area contributed by atoms with Gasteiger partial charge in [0, 0.05) is 45.1 Å². The lowest BCUT2D eigenvalue weighted by Gasteiger charge is -2.32. The third kappa shape index (κ3) is 6.56. The van der Waals surface area contributed by atoms with Gasteiger partial charge in [-0.3, -0.25) is 9.67 Å². The number of hydrogen-bond acceptors (Lipinski definition) is 3. The van der Waals surface area contributed by atoms with Gasteiger partial charge in [0.1, 0.15) is 0 Å². The van der Waals surface area contributed by atoms with Crippen LogP contribution in [0.1, 0.15) is 35.6 Å². The molecule has 2 atom stereocenters. The summed E-state index contributed by atoms with van der Waals surface area (Å²) in [5.74, 6) is 1.23. The van der Waals surface area contributed by atoms with Gasteiger partial charge in [-0.1, -0.05) is 54.6 Å². The van der Waals surface area contributed by atoms with Gasteiger partial charge in [0.25, 0.3) is 0 Å². The van der Waals surface area contributed by atoms with E-state index >= 15 is 0 Å². The Hall–Kier alpha value is -2.39. The molecule has 170 valence electrons. The number of halogens is 1. The average Bonchev–Trinajstić information content (AvgIpc) is 3.34. The third-order valence-electron chi connectivity index (χ3n) is 5.78. The van der Waals surface area contributed by atoms with Gasteiger partial charge in [-0.15, -0.1) is 24.0 Å². The maximum absolute atomic E-state index is 6.13. The molecule has 0 aliphatic carbocycles. The van der Waals surface area contributed by atoms with Gasteiger partial charge in [0.15, 0.2) is 5.96 Å². The molecule has 3 aromatic rings. The predicted octanol–water partition coefficient (Wildman–Crippen LogP) is 4.38. The molecule has 1 aromatic heterocycles. The zero-order chi connectivity index (χ0) is 21.3. The molecule has 2 N–H and O–H groups in total. The molecule has 0 spiro atoms. The summed E-state index contributed by atoms with van der Waals surface area (Å²) in [6.45, 7) is 3.12. The van der Waals surface area contributed by atoms with Crippen molar-refractivity contribution in [2.24, 2.45) is 10.9 Å². The molecule has 0 radical (unpaired) electrons. The summed E-state index contributed by atoms with van der Waals surface area (Å²) in [6, 6.07) is 20.9. The molecular formula is C25H32IN5O. The van der Waals surface area contributed by atoms with Crippen molar-refractivity contribution in [2.75, 3.05) is 20.2 Å². The van der Waals surface area contributed by atoms with Gasteiger partial charge in [-0.2, -0.15) is 5.10 Å². The van der Waals surface area contributed by atoms with Crippen molar-refractivity contribution >= 4 is 29.9 Å². The lowest BCUT2D eigenvalue weighted by atomic mass is 9.89. The van der Waals surface area contributed by atoms with E-state index in [0.29, 0.717) is 12.5 Å². The largest absolute Gasteiger partial charge is 0.373 e. The molecule has 2 heterocycles. The summed E-state index contributed by atoms with van der Waals surface area (Å²) in [6.07, 6.45) is 6.18. The number of guanidine groups is 1. The number of aromatic nitrogens is 2. The maximum atomic E-state index is 6.13. The molecular weight excluding hydrogens is 513 g/mol. The van der Waals surface area contributed by atoms with Gasteiger partial charge in [0.2, 0.25) is 0 Å². The van der Waals surface area contributed by atoms with Crippen LogP contribution in [0.15, 0.2) is 78.0 Å². The number of nitrogens with one attached hydrogen (secondary N) is 2. The number of nitrogens with zero attached hydrogens (tertiary/aromatic N) is 3. The van der Waals surface area contributed by atoms with E-state index in [-0.39, 0.29) is 30.1 Å². The Labute approximate surface area is 207 Å². The van der Waals surface area contributed by atoms with Crippen molar-refractivity contribution in [3.05, 3.63) is 89.7 Å². The second kappa shape index (κ2) is 12.6. The van der Waals surface area contributed by atoms with Crippen LogP contribution in [-0.4, -0.2) is 35.9 Å². The fourth-order valence-corrected chi connectivity index (χ4v) is 4.14. The minimum atomic E-state index is 0. The molecule has 7 heteroatoms. The van der Waals surface area contributed by atoms with E-state index in [4.69, 9.17) is 4.74 Å². The topological polar surface area (TPSA) is 63.5 Å². The van der Waals surface area contributed by atoms with Gasteiger partial charge >= 0.3 is 0 Å². The highest BCUT2D eigenvalue weighted by atomic mass is 127. The second-order valence-electron chi connectivity index (χ2n) is 7.88. The fraction of sp³-hybridized carbons (Fsp3) is 0.360. The highest BCUT2D eigenvalue weighted by Gasteiger charge is 2.27. The number of benzene rings is 2. The summed E-state index contributed by atoms with van der Waals surface area (Å²) in [5, 5.41) is 11.3. The molecule has 1 fully saturated rings. The molecule has 1 saturated heterocycles. The number of rotatable bonds is 7. The Morgan fingerprint density at radius 3 is 2.59 bits per heavy atom. The van der Waals surface area contributed by atoms with Gasteiger partial charge in [-0.25, -0.2) is 0 Å². The van der Waals surface area contributed by atoms with Crippen molar-refractivity contribution in [2.45, 2.75) is 32.0 Å². The molecule has 1 aliphatic rings. The molecule has 6 nitrogen and oxygen atoms in total. The Morgan fingerprint density at radius 2 is 1.84 bits per heavy atom. The number of hydrogen-bond donors (Lipinski definition) is 2. The standard InChI is InChI=1S/C25H31N5O.HI/c1-26-25(27-17-21-11-5-6-12-23(21)19-30-15-8-14-29-30)28-18-22-13-7-16-31-24(22)20-9-3-2-4-10-20;/h2-6,8-12,14-15,22,24H,7,13,16-19H2,1H3,(H2,26,27,28);1H. The summed E-state index contributed by atoms with van der Waals surface area (Å²) >= 11 is 0. The van der Waals surface area contributed by atoms with Gasteiger partial charge in [0.05, 0.1) is 12.6 Å². The molecule has 0 saturated carbocycles. The van der Waals surface area contributed by atoms with Crippen LogP contribution in [0.3, 0.4) is 0 Å².